The predicted molar refractivity (Wildman–Crippen MR) is 55.9 cm³/mol. The molecule has 4 heteroatoms. The molecule has 2 rings (SSSR count). The van der Waals surface area contributed by atoms with Crippen molar-refractivity contribution in [3.05, 3.63) is 29.6 Å². The number of aromatic nitrogens is 3. The van der Waals surface area contributed by atoms with Crippen LogP contribution >= 0.6 is 0 Å². The Balaban J connectivity index is 2.36. The van der Waals surface area contributed by atoms with Crippen LogP contribution in [0.25, 0.3) is 11.4 Å². The van der Waals surface area contributed by atoms with Crippen LogP contribution < -0.4 is 5.73 Å². The first-order chi connectivity index (χ1) is 6.83. The molecule has 0 bridgehead atoms. The summed E-state index contributed by atoms with van der Waals surface area (Å²) >= 11 is 0. The summed E-state index contributed by atoms with van der Waals surface area (Å²) in [6, 6.07) is 3.97. The van der Waals surface area contributed by atoms with Gasteiger partial charge in [0.05, 0.1) is 5.69 Å². The average molecular weight is 190 g/mol. The number of hydrogen-bond donors (Lipinski definition) is 3. The second-order valence-corrected chi connectivity index (χ2v) is 3.30. The summed E-state index contributed by atoms with van der Waals surface area (Å²) < 4.78 is 0. The highest BCUT2D eigenvalue weighted by atomic mass is 15.1. The van der Waals surface area contributed by atoms with E-state index in [1.54, 1.807) is 0 Å². The standard InChI is InChI=1S/C10H14N4/c1-7-8(4-5-11)13-14-10(7)9-3-2-6-12-9/h2-3,6,12H,4-5,11H2,1H3,(H,13,14). The Bertz CT molecular complexity index is 400. The number of hydrogen-bond acceptors (Lipinski definition) is 2. The van der Waals surface area contributed by atoms with Gasteiger partial charge in [0.25, 0.3) is 0 Å². The first-order valence-electron chi connectivity index (χ1n) is 4.70. The van der Waals surface area contributed by atoms with Gasteiger partial charge in [0, 0.05) is 18.3 Å². The lowest BCUT2D eigenvalue weighted by Gasteiger charge is -1.96. The van der Waals surface area contributed by atoms with Crippen molar-refractivity contribution < 1.29 is 0 Å². The molecule has 2 aromatic rings. The number of nitrogens with one attached hydrogen (secondary N) is 2. The molecule has 0 atom stereocenters. The van der Waals surface area contributed by atoms with E-state index in [0.29, 0.717) is 6.54 Å². The number of rotatable bonds is 3. The Morgan fingerprint density at radius 3 is 3.00 bits per heavy atom. The van der Waals surface area contributed by atoms with Crippen LogP contribution in [0, 0.1) is 6.92 Å². The highest BCUT2D eigenvalue weighted by Gasteiger charge is 2.10. The third-order valence-electron chi connectivity index (χ3n) is 2.36. The van der Waals surface area contributed by atoms with Gasteiger partial charge in [-0.25, -0.2) is 0 Å². The lowest BCUT2D eigenvalue weighted by molar-refractivity contribution is 0.895. The minimum atomic E-state index is 0.646. The van der Waals surface area contributed by atoms with E-state index in [0.717, 1.165) is 23.5 Å². The van der Waals surface area contributed by atoms with Crippen molar-refractivity contribution in [1.29, 1.82) is 0 Å². The minimum Gasteiger partial charge on any atom is -0.360 e. The SMILES string of the molecule is Cc1c(-c2ccc[nH]2)n[nH]c1CCN. The van der Waals surface area contributed by atoms with Crippen LogP contribution in [0.3, 0.4) is 0 Å². The molecule has 0 spiro atoms. The van der Waals surface area contributed by atoms with Gasteiger partial charge in [-0.2, -0.15) is 5.10 Å². The predicted octanol–water partition coefficient (Wildman–Crippen LogP) is 1.21. The van der Waals surface area contributed by atoms with Gasteiger partial charge in [-0.15, -0.1) is 0 Å². The van der Waals surface area contributed by atoms with E-state index < -0.39 is 0 Å². The van der Waals surface area contributed by atoms with Gasteiger partial charge in [0.15, 0.2) is 0 Å². The first-order valence-corrected chi connectivity index (χ1v) is 4.70. The van der Waals surface area contributed by atoms with Gasteiger partial charge in [-0.3, -0.25) is 5.10 Å². The second-order valence-electron chi connectivity index (χ2n) is 3.30. The van der Waals surface area contributed by atoms with Gasteiger partial charge in [0.1, 0.15) is 5.69 Å². The molecule has 0 aromatic carbocycles. The quantitative estimate of drug-likeness (QED) is 0.681. The lowest BCUT2D eigenvalue weighted by atomic mass is 10.1. The van der Waals surface area contributed by atoms with Crippen molar-refractivity contribution in [3.8, 4) is 11.4 Å². The normalized spacial score (nSPS) is 10.7. The Labute approximate surface area is 82.5 Å². The molecule has 74 valence electrons. The zero-order valence-electron chi connectivity index (χ0n) is 8.17. The third-order valence-corrected chi connectivity index (χ3v) is 2.36. The van der Waals surface area contributed by atoms with Gasteiger partial charge < -0.3 is 10.7 Å². The molecule has 14 heavy (non-hydrogen) atoms. The maximum absolute atomic E-state index is 5.50. The van der Waals surface area contributed by atoms with Gasteiger partial charge in [-0.05, 0) is 31.2 Å². The molecule has 0 amide bonds. The van der Waals surface area contributed by atoms with Crippen LogP contribution in [0.5, 0.6) is 0 Å². The molecule has 0 aliphatic rings. The highest BCUT2D eigenvalue weighted by Crippen LogP contribution is 2.21. The molecule has 2 aromatic heterocycles. The van der Waals surface area contributed by atoms with E-state index in [-0.39, 0.29) is 0 Å². The van der Waals surface area contributed by atoms with E-state index in [1.165, 1.54) is 5.56 Å². The summed E-state index contributed by atoms with van der Waals surface area (Å²) in [7, 11) is 0. The zero-order valence-corrected chi connectivity index (χ0v) is 8.17. The fourth-order valence-electron chi connectivity index (χ4n) is 1.56. The number of aromatic amines is 2. The van der Waals surface area contributed by atoms with Crippen LogP contribution in [-0.4, -0.2) is 21.7 Å². The van der Waals surface area contributed by atoms with Crippen LogP contribution in [0.2, 0.25) is 0 Å². The number of nitrogens with zero attached hydrogens (tertiary/aromatic N) is 1. The van der Waals surface area contributed by atoms with Crippen molar-refractivity contribution in [2.24, 2.45) is 5.73 Å². The minimum absolute atomic E-state index is 0.646. The Morgan fingerprint density at radius 2 is 2.36 bits per heavy atom. The van der Waals surface area contributed by atoms with Crippen LogP contribution in [0.15, 0.2) is 18.3 Å². The molecule has 0 fully saturated rings. The van der Waals surface area contributed by atoms with Crippen molar-refractivity contribution in [2.75, 3.05) is 6.54 Å². The molecule has 4 nitrogen and oxygen atoms in total. The molecular weight excluding hydrogens is 176 g/mol. The maximum Gasteiger partial charge on any atom is 0.111 e. The van der Waals surface area contributed by atoms with E-state index in [9.17, 15) is 0 Å². The lowest BCUT2D eigenvalue weighted by Crippen LogP contribution is -2.03. The maximum atomic E-state index is 5.50. The highest BCUT2D eigenvalue weighted by molar-refractivity contribution is 5.59. The molecule has 0 aliphatic heterocycles. The van der Waals surface area contributed by atoms with Crippen LogP contribution in [0.4, 0.5) is 0 Å². The second kappa shape index (κ2) is 3.67. The van der Waals surface area contributed by atoms with Gasteiger partial charge in [0.2, 0.25) is 0 Å². The van der Waals surface area contributed by atoms with Crippen LogP contribution in [0.1, 0.15) is 11.3 Å². The van der Waals surface area contributed by atoms with Crippen LogP contribution in [-0.2, 0) is 6.42 Å². The Hall–Kier alpha value is -1.55. The molecule has 4 N–H and O–H groups in total. The molecule has 0 unspecified atom stereocenters. The molecular formula is C10H14N4. The fraction of sp³-hybridized carbons (Fsp3) is 0.300. The van der Waals surface area contributed by atoms with E-state index in [4.69, 9.17) is 5.73 Å². The largest absolute Gasteiger partial charge is 0.360 e. The molecule has 0 aliphatic carbocycles. The molecule has 0 radical (unpaired) electrons. The number of nitrogens with two attached hydrogens (primary N) is 1. The molecule has 0 saturated heterocycles. The summed E-state index contributed by atoms with van der Waals surface area (Å²) in [6.45, 7) is 2.71. The van der Waals surface area contributed by atoms with E-state index >= 15 is 0 Å². The monoisotopic (exact) mass is 190 g/mol. The topological polar surface area (TPSA) is 70.5 Å². The summed E-state index contributed by atoms with van der Waals surface area (Å²) in [5.74, 6) is 0. The van der Waals surface area contributed by atoms with E-state index in [2.05, 4.69) is 22.1 Å². The van der Waals surface area contributed by atoms with E-state index in [1.807, 2.05) is 18.3 Å². The number of H-pyrrole nitrogens is 2. The summed E-state index contributed by atoms with van der Waals surface area (Å²) in [4.78, 5) is 3.14. The van der Waals surface area contributed by atoms with Crippen molar-refractivity contribution in [1.82, 2.24) is 15.2 Å². The Kier molecular flexibility index (Phi) is 2.37. The molecule has 2 heterocycles. The average Bonchev–Trinajstić information content (AvgIpc) is 2.77. The summed E-state index contributed by atoms with van der Waals surface area (Å²) in [6.07, 6.45) is 2.74. The third kappa shape index (κ3) is 1.44. The van der Waals surface area contributed by atoms with Gasteiger partial charge in [-0.1, -0.05) is 0 Å². The first kappa shape index (κ1) is 9.02. The fourth-order valence-corrected chi connectivity index (χ4v) is 1.56. The summed E-state index contributed by atoms with van der Waals surface area (Å²) in [5, 5.41) is 7.28. The zero-order chi connectivity index (χ0) is 9.97. The van der Waals surface area contributed by atoms with Crippen molar-refractivity contribution in [3.63, 3.8) is 0 Å². The van der Waals surface area contributed by atoms with Crippen molar-refractivity contribution >= 4 is 0 Å². The smallest absolute Gasteiger partial charge is 0.111 e. The Morgan fingerprint density at radius 1 is 1.50 bits per heavy atom. The van der Waals surface area contributed by atoms with Crippen molar-refractivity contribution in [2.45, 2.75) is 13.3 Å². The molecule has 0 saturated carbocycles. The van der Waals surface area contributed by atoms with Gasteiger partial charge >= 0.3 is 0 Å². The summed E-state index contributed by atoms with van der Waals surface area (Å²) in [5.41, 5.74) is 9.83.